The van der Waals surface area contributed by atoms with Crippen LogP contribution in [0.25, 0.3) is 11.0 Å². The number of hydrogen-bond acceptors (Lipinski definition) is 6. The number of aromatic nitrogens is 6. The molecule has 8 heteroatoms. The van der Waals surface area contributed by atoms with Crippen molar-refractivity contribution >= 4 is 16.9 Å². The number of nitrogens with zero attached hydrogens (tertiary/aromatic N) is 6. The smallest absolute Gasteiger partial charge is 0.163 e. The Morgan fingerprint density at radius 2 is 2.00 bits per heavy atom. The van der Waals surface area contributed by atoms with Crippen LogP contribution >= 0.6 is 0 Å². The van der Waals surface area contributed by atoms with Crippen molar-refractivity contribution in [2.45, 2.75) is 12.6 Å². The Labute approximate surface area is 150 Å². The van der Waals surface area contributed by atoms with Crippen LogP contribution in [0, 0.1) is 0 Å². The molecule has 0 radical (unpaired) electrons. The third-order valence-corrected chi connectivity index (χ3v) is 4.28. The number of anilines is 1. The fourth-order valence-corrected chi connectivity index (χ4v) is 3.00. The number of aryl methyl sites for hydroxylation is 1. The highest BCUT2D eigenvalue weighted by Crippen LogP contribution is 2.27. The quantitative estimate of drug-likeness (QED) is 0.551. The lowest BCUT2D eigenvalue weighted by molar-refractivity contribution is 0.271. The summed E-state index contributed by atoms with van der Waals surface area (Å²) < 4.78 is 3.65. The molecule has 3 aromatic heterocycles. The van der Waals surface area contributed by atoms with Gasteiger partial charge in [-0.25, -0.2) is 19.6 Å². The molecule has 0 saturated heterocycles. The summed E-state index contributed by atoms with van der Waals surface area (Å²) in [6, 6.07) is 9.93. The third-order valence-electron chi connectivity index (χ3n) is 4.28. The molecule has 0 spiro atoms. The van der Waals surface area contributed by atoms with Crippen molar-refractivity contribution < 1.29 is 5.11 Å². The fraction of sp³-hybridized carbons (Fsp3) is 0.222. The van der Waals surface area contributed by atoms with E-state index in [9.17, 15) is 5.11 Å². The van der Waals surface area contributed by atoms with E-state index in [0.717, 1.165) is 16.8 Å². The first-order chi connectivity index (χ1) is 12.8. The van der Waals surface area contributed by atoms with Crippen LogP contribution in [0.1, 0.15) is 17.4 Å². The number of aliphatic hydroxyl groups excluding tert-OH is 1. The summed E-state index contributed by atoms with van der Waals surface area (Å²) >= 11 is 0. The first kappa shape index (κ1) is 16.2. The first-order valence-corrected chi connectivity index (χ1v) is 8.34. The minimum atomic E-state index is -0.171. The van der Waals surface area contributed by atoms with Gasteiger partial charge >= 0.3 is 0 Å². The number of hydrogen-bond donors (Lipinski definition) is 2. The lowest BCUT2D eigenvalue weighted by Crippen LogP contribution is -2.17. The van der Waals surface area contributed by atoms with Gasteiger partial charge in [0.15, 0.2) is 5.65 Å². The zero-order valence-corrected chi connectivity index (χ0v) is 14.3. The molecule has 2 N–H and O–H groups in total. The van der Waals surface area contributed by atoms with E-state index in [0.29, 0.717) is 18.0 Å². The Balaban J connectivity index is 1.77. The van der Waals surface area contributed by atoms with Crippen molar-refractivity contribution in [3.63, 3.8) is 0 Å². The van der Waals surface area contributed by atoms with E-state index in [1.807, 2.05) is 36.0 Å². The molecular weight excluding hydrogens is 330 g/mol. The normalized spacial score (nSPS) is 12.4. The van der Waals surface area contributed by atoms with Crippen molar-refractivity contribution in [3.8, 4) is 0 Å². The van der Waals surface area contributed by atoms with E-state index in [1.54, 1.807) is 17.1 Å². The average Bonchev–Trinajstić information content (AvgIpc) is 3.28. The highest BCUT2D eigenvalue weighted by atomic mass is 16.3. The molecule has 4 aromatic rings. The van der Waals surface area contributed by atoms with Gasteiger partial charge in [0.2, 0.25) is 0 Å². The van der Waals surface area contributed by atoms with Gasteiger partial charge < -0.3 is 15.0 Å². The number of aliphatic hydroxyl groups is 1. The van der Waals surface area contributed by atoms with Crippen molar-refractivity contribution in [1.82, 2.24) is 29.3 Å². The highest BCUT2D eigenvalue weighted by molar-refractivity contribution is 5.86. The predicted molar refractivity (Wildman–Crippen MR) is 97.5 cm³/mol. The van der Waals surface area contributed by atoms with E-state index in [-0.39, 0.29) is 12.6 Å². The Hall–Kier alpha value is -3.26. The molecule has 3 heterocycles. The Bertz CT molecular complexity index is 1010. The number of rotatable bonds is 6. The van der Waals surface area contributed by atoms with Crippen molar-refractivity contribution in [2.75, 3.05) is 11.9 Å². The van der Waals surface area contributed by atoms with Gasteiger partial charge in [0.1, 0.15) is 24.0 Å². The maximum Gasteiger partial charge on any atom is 0.163 e. The molecule has 132 valence electrons. The second-order valence-electron chi connectivity index (χ2n) is 5.94. The van der Waals surface area contributed by atoms with Gasteiger partial charge in [0.25, 0.3) is 0 Å². The van der Waals surface area contributed by atoms with Crippen molar-refractivity contribution in [3.05, 3.63) is 66.6 Å². The lowest BCUT2D eigenvalue weighted by Gasteiger charge is -2.20. The molecule has 1 atom stereocenters. The molecule has 1 unspecified atom stereocenters. The van der Waals surface area contributed by atoms with Crippen LogP contribution in [0.5, 0.6) is 0 Å². The second-order valence-corrected chi connectivity index (χ2v) is 5.94. The zero-order chi connectivity index (χ0) is 17.9. The minimum Gasteiger partial charge on any atom is -0.394 e. The molecular formula is C18H19N7O. The molecule has 0 fully saturated rings. The third kappa shape index (κ3) is 2.91. The van der Waals surface area contributed by atoms with E-state index in [4.69, 9.17) is 0 Å². The van der Waals surface area contributed by atoms with Crippen LogP contribution in [-0.4, -0.2) is 41.0 Å². The van der Waals surface area contributed by atoms with Crippen LogP contribution in [0.15, 0.2) is 55.2 Å². The van der Waals surface area contributed by atoms with Crippen molar-refractivity contribution in [1.29, 1.82) is 0 Å². The molecule has 8 nitrogen and oxygen atoms in total. The SMILES string of the molecule is Cn1ccnc1C(Nc1ncnc2c1cnn2CCO)c1ccccc1. The summed E-state index contributed by atoms with van der Waals surface area (Å²) in [5.41, 5.74) is 1.76. The molecule has 0 aliphatic heterocycles. The molecule has 4 rings (SSSR count). The van der Waals surface area contributed by atoms with E-state index < -0.39 is 0 Å². The standard InChI is InChI=1S/C18H19N7O/c1-24-8-7-19-18(24)15(13-5-3-2-4-6-13)23-16-14-11-22-25(9-10-26)17(14)21-12-20-16/h2-8,11-12,15,26H,9-10H2,1H3,(H,20,21,23). The number of fused-ring (bicyclic) bond motifs is 1. The first-order valence-electron chi connectivity index (χ1n) is 8.34. The average molecular weight is 349 g/mol. The molecule has 0 aliphatic carbocycles. The predicted octanol–water partition coefficient (Wildman–Crippen LogP) is 1.75. The minimum absolute atomic E-state index is 0.00343. The summed E-state index contributed by atoms with van der Waals surface area (Å²) in [5.74, 6) is 1.56. The summed E-state index contributed by atoms with van der Waals surface area (Å²) in [7, 11) is 1.97. The molecule has 0 aliphatic rings. The van der Waals surface area contributed by atoms with Gasteiger partial charge in [0, 0.05) is 19.4 Å². The van der Waals surface area contributed by atoms with E-state index in [2.05, 4.69) is 37.5 Å². The van der Waals surface area contributed by atoms with Crippen LogP contribution in [0.3, 0.4) is 0 Å². The summed E-state index contributed by atoms with van der Waals surface area (Å²) in [6.07, 6.45) is 6.91. The molecule has 26 heavy (non-hydrogen) atoms. The molecule has 1 aromatic carbocycles. The van der Waals surface area contributed by atoms with Crippen molar-refractivity contribution in [2.24, 2.45) is 7.05 Å². The monoisotopic (exact) mass is 349 g/mol. The maximum atomic E-state index is 9.19. The van der Waals surface area contributed by atoms with Gasteiger partial charge in [-0.1, -0.05) is 30.3 Å². The number of benzene rings is 1. The van der Waals surface area contributed by atoms with E-state index in [1.165, 1.54) is 6.33 Å². The number of nitrogens with one attached hydrogen (secondary N) is 1. The second kappa shape index (κ2) is 6.93. The van der Waals surface area contributed by atoms with Gasteiger partial charge in [-0.2, -0.15) is 5.10 Å². The number of imidazole rings is 1. The maximum absolute atomic E-state index is 9.19. The lowest BCUT2D eigenvalue weighted by atomic mass is 10.1. The zero-order valence-electron chi connectivity index (χ0n) is 14.3. The van der Waals surface area contributed by atoms with Crippen LogP contribution < -0.4 is 5.32 Å². The molecule has 0 bridgehead atoms. The Morgan fingerprint density at radius 1 is 1.15 bits per heavy atom. The van der Waals surface area contributed by atoms with Crippen LogP contribution in [-0.2, 0) is 13.6 Å². The van der Waals surface area contributed by atoms with Gasteiger partial charge in [-0.3, -0.25) is 0 Å². The van der Waals surface area contributed by atoms with Crippen LogP contribution in [0.4, 0.5) is 5.82 Å². The van der Waals surface area contributed by atoms with Gasteiger partial charge in [-0.15, -0.1) is 0 Å². The molecule has 0 amide bonds. The highest BCUT2D eigenvalue weighted by Gasteiger charge is 2.20. The molecule has 0 saturated carbocycles. The largest absolute Gasteiger partial charge is 0.394 e. The van der Waals surface area contributed by atoms with Gasteiger partial charge in [-0.05, 0) is 5.56 Å². The summed E-state index contributed by atoms with van der Waals surface area (Å²) in [5, 5.41) is 17.8. The Kier molecular flexibility index (Phi) is 4.32. The van der Waals surface area contributed by atoms with Crippen LogP contribution in [0.2, 0.25) is 0 Å². The fourth-order valence-electron chi connectivity index (χ4n) is 3.00. The van der Waals surface area contributed by atoms with E-state index >= 15 is 0 Å². The van der Waals surface area contributed by atoms with Gasteiger partial charge in [0.05, 0.1) is 24.7 Å². The topological polar surface area (TPSA) is 93.7 Å². The summed E-state index contributed by atoms with van der Waals surface area (Å²) in [6.45, 7) is 0.394. The summed E-state index contributed by atoms with van der Waals surface area (Å²) in [4.78, 5) is 13.2. The Morgan fingerprint density at radius 3 is 2.73 bits per heavy atom.